The molecular weight excluding hydrogens is 271 g/mol. The van der Waals surface area contributed by atoms with E-state index in [4.69, 9.17) is 9.05 Å². The lowest BCUT2D eigenvalue weighted by molar-refractivity contribution is 0.372. The molecule has 0 heterocycles. The van der Waals surface area contributed by atoms with E-state index in [1.165, 1.54) is 0 Å². The van der Waals surface area contributed by atoms with Crippen molar-refractivity contribution in [1.82, 2.24) is 0 Å². The number of para-hydroxylation sites is 2. The van der Waals surface area contributed by atoms with E-state index in [1.807, 2.05) is 50.2 Å². The molecule has 0 aliphatic carbocycles. The van der Waals surface area contributed by atoms with E-state index in [9.17, 15) is 4.57 Å². The van der Waals surface area contributed by atoms with Gasteiger partial charge in [0.2, 0.25) is 0 Å². The Labute approximate surface area is 120 Å². The Kier molecular flexibility index (Phi) is 4.86. The molecule has 4 heteroatoms. The summed E-state index contributed by atoms with van der Waals surface area (Å²) in [6, 6.07) is 18.3. The van der Waals surface area contributed by atoms with E-state index < -0.39 is 7.60 Å². The summed E-state index contributed by atoms with van der Waals surface area (Å²) in [6.07, 6.45) is 0.719. The Morgan fingerprint density at radius 3 is 1.65 bits per heavy atom. The van der Waals surface area contributed by atoms with Crippen molar-refractivity contribution in [3.05, 3.63) is 60.7 Å². The zero-order valence-electron chi connectivity index (χ0n) is 11.7. The molecule has 1 atom stereocenters. The fourth-order valence-corrected chi connectivity index (χ4v) is 3.35. The normalized spacial score (nSPS) is 12.7. The van der Waals surface area contributed by atoms with Gasteiger partial charge in [-0.1, -0.05) is 43.3 Å². The molecule has 2 aromatic rings. The van der Waals surface area contributed by atoms with Gasteiger partial charge in [-0.3, -0.25) is 0 Å². The molecule has 0 spiro atoms. The van der Waals surface area contributed by atoms with Gasteiger partial charge in [0.05, 0.1) is 5.66 Å². The average Bonchev–Trinajstić information content (AvgIpc) is 2.48. The molecule has 1 unspecified atom stereocenters. The molecule has 3 nitrogen and oxygen atoms in total. The van der Waals surface area contributed by atoms with E-state index in [1.54, 1.807) is 24.3 Å². The fraction of sp³-hybridized carbons (Fsp3) is 0.250. The Morgan fingerprint density at radius 1 is 0.900 bits per heavy atom. The molecule has 0 saturated heterocycles. The van der Waals surface area contributed by atoms with Gasteiger partial charge in [-0.25, -0.2) is 4.57 Å². The third kappa shape index (κ3) is 3.64. The van der Waals surface area contributed by atoms with Gasteiger partial charge in [0.25, 0.3) is 0 Å². The van der Waals surface area contributed by atoms with Crippen LogP contribution in [-0.2, 0) is 4.57 Å². The highest BCUT2D eigenvalue weighted by atomic mass is 31.2. The first-order valence-electron chi connectivity index (χ1n) is 6.73. The summed E-state index contributed by atoms with van der Waals surface area (Å²) in [5.74, 6) is 1.12. The summed E-state index contributed by atoms with van der Waals surface area (Å²) in [6.45, 7) is 3.85. The second kappa shape index (κ2) is 6.62. The molecule has 0 bridgehead atoms. The first-order chi connectivity index (χ1) is 9.64. The zero-order chi connectivity index (χ0) is 14.4. The second-order valence-electron chi connectivity index (χ2n) is 4.61. The van der Waals surface area contributed by atoms with Crippen LogP contribution in [0.2, 0.25) is 0 Å². The minimum atomic E-state index is -3.25. The molecule has 2 rings (SSSR count). The lowest BCUT2D eigenvalue weighted by Gasteiger charge is -2.24. The van der Waals surface area contributed by atoms with Crippen LogP contribution in [0.1, 0.15) is 20.3 Å². The molecule has 0 saturated carbocycles. The molecule has 0 aliphatic heterocycles. The van der Waals surface area contributed by atoms with E-state index in [-0.39, 0.29) is 5.66 Å². The molecule has 0 N–H and O–H groups in total. The van der Waals surface area contributed by atoms with Gasteiger partial charge in [0.15, 0.2) is 0 Å². The highest BCUT2D eigenvalue weighted by molar-refractivity contribution is 7.55. The first kappa shape index (κ1) is 14.7. The standard InChI is InChI=1S/C16H19O3P/c1-3-14(2)20(17,18-15-10-6-4-7-11-15)19-16-12-8-5-9-13-16/h4-14H,3H2,1-2H3. The predicted molar refractivity (Wildman–Crippen MR) is 81.5 cm³/mol. The fourth-order valence-electron chi connectivity index (χ4n) is 1.68. The second-order valence-corrected chi connectivity index (χ2v) is 6.93. The topological polar surface area (TPSA) is 35.5 Å². The molecule has 0 amide bonds. The van der Waals surface area contributed by atoms with Gasteiger partial charge < -0.3 is 9.05 Å². The smallest absolute Gasteiger partial charge is 0.416 e. The molecule has 0 aliphatic rings. The summed E-state index contributed by atoms with van der Waals surface area (Å²) < 4.78 is 24.4. The SMILES string of the molecule is CCC(C)P(=O)(Oc1ccccc1)Oc1ccccc1. The van der Waals surface area contributed by atoms with E-state index in [0.29, 0.717) is 11.5 Å². The van der Waals surface area contributed by atoms with Crippen LogP contribution in [0, 0.1) is 0 Å². The van der Waals surface area contributed by atoms with Gasteiger partial charge in [0.1, 0.15) is 11.5 Å². The monoisotopic (exact) mass is 290 g/mol. The van der Waals surface area contributed by atoms with Crippen LogP contribution < -0.4 is 9.05 Å². The van der Waals surface area contributed by atoms with Crippen LogP contribution in [0.25, 0.3) is 0 Å². The van der Waals surface area contributed by atoms with Crippen molar-refractivity contribution < 1.29 is 13.6 Å². The van der Waals surface area contributed by atoms with Gasteiger partial charge >= 0.3 is 7.60 Å². The van der Waals surface area contributed by atoms with Crippen molar-refractivity contribution in [3.63, 3.8) is 0 Å². The Balaban J connectivity index is 2.24. The number of rotatable bonds is 6. The van der Waals surface area contributed by atoms with Crippen molar-refractivity contribution in [1.29, 1.82) is 0 Å². The van der Waals surface area contributed by atoms with Gasteiger partial charge in [-0.15, -0.1) is 0 Å². The van der Waals surface area contributed by atoms with E-state index >= 15 is 0 Å². The van der Waals surface area contributed by atoms with E-state index in [0.717, 1.165) is 6.42 Å². The lowest BCUT2D eigenvalue weighted by atomic mass is 10.3. The Bertz CT molecular complexity index is 523. The first-order valence-corrected chi connectivity index (χ1v) is 8.34. The molecule has 0 fully saturated rings. The van der Waals surface area contributed by atoms with Crippen LogP contribution in [0.15, 0.2) is 60.7 Å². The third-order valence-corrected chi connectivity index (χ3v) is 5.46. The Hall–Kier alpha value is -1.73. The van der Waals surface area contributed by atoms with Crippen LogP contribution in [0.3, 0.4) is 0 Å². The van der Waals surface area contributed by atoms with Crippen molar-refractivity contribution in [2.75, 3.05) is 0 Å². The highest BCUT2D eigenvalue weighted by Gasteiger charge is 2.34. The quantitative estimate of drug-likeness (QED) is 0.691. The molecule has 0 aromatic heterocycles. The maximum atomic E-state index is 13.0. The molecule has 20 heavy (non-hydrogen) atoms. The molecule has 106 valence electrons. The predicted octanol–water partition coefficient (Wildman–Crippen LogP) is 5.14. The lowest BCUT2D eigenvalue weighted by Crippen LogP contribution is -2.13. The van der Waals surface area contributed by atoms with Gasteiger partial charge in [-0.2, -0.15) is 0 Å². The average molecular weight is 290 g/mol. The minimum absolute atomic E-state index is 0.178. The summed E-state index contributed by atoms with van der Waals surface area (Å²) >= 11 is 0. The number of hydrogen-bond acceptors (Lipinski definition) is 3. The minimum Gasteiger partial charge on any atom is -0.416 e. The van der Waals surface area contributed by atoms with Gasteiger partial charge in [-0.05, 0) is 37.6 Å². The molecule has 0 radical (unpaired) electrons. The van der Waals surface area contributed by atoms with Crippen LogP contribution >= 0.6 is 7.60 Å². The molecular formula is C16H19O3P. The maximum Gasteiger partial charge on any atom is 0.433 e. The largest absolute Gasteiger partial charge is 0.433 e. The van der Waals surface area contributed by atoms with Crippen molar-refractivity contribution in [2.45, 2.75) is 25.9 Å². The third-order valence-electron chi connectivity index (χ3n) is 3.08. The number of benzene rings is 2. The van der Waals surface area contributed by atoms with Crippen LogP contribution in [0.4, 0.5) is 0 Å². The number of hydrogen-bond donors (Lipinski definition) is 0. The van der Waals surface area contributed by atoms with Crippen molar-refractivity contribution in [2.24, 2.45) is 0 Å². The van der Waals surface area contributed by atoms with Crippen molar-refractivity contribution in [3.8, 4) is 11.5 Å². The summed E-state index contributed by atoms with van der Waals surface area (Å²) in [5, 5.41) is 0. The van der Waals surface area contributed by atoms with Gasteiger partial charge in [0, 0.05) is 0 Å². The van der Waals surface area contributed by atoms with Crippen molar-refractivity contribution >= 4 is 7.60 Å². The Morgan fingerprint density at radius 2 is 1.30 bits per heavy atom. The zero-order valence-corrected chi connectivity index (χ0v) is 12.6. The molecule has 2 aromatic carbocycles. The summed E-state index contributed by atoms with van der Waals surface area (Å²) in [5.41, 5.74) is -0.178. The van der Waals surface area contributed by atoms with Crippen LogP contribution in [-0.4, -0.2) is 5.66 Å². The highest BCUT2D eigenvalue weighted by Crippen LogP contribution is 2.53. The van der Waals surface area contributed by atoms with Crippen LogP contribution in [0.5, 0.6) is 11.5 Å². The summed E-state index contributed by atoms with van der Waals surface area (Å²) in [7, 11) is -3.25. The maximum absolute atomic E-state index is 13.0. The van der Waals surface area contributed by atoms with E-state index in [2.05, 4.69) is 0 Å². The summed E-state index contributed by atoms with van der Waals surface area (Å²) in [4.78, 5) is 0.